The van der Waals surface area contributed by atoms with Crippen LogP contribution in [0.4, 0.5) is 0 Å². The number of hydrogen-bond donors (Lipinski definition) is 2. The maximum Gasteiger partial charge on any atom is 0.256 e. The van der Waals surface area contributed by atoms with Crippen LogP contribution in [-0.4, -0.2) is 41.0 Å². The van der Waals surface area contributed by atoms with Gasteiger partial charge in [-0.3, -0.25) is 24.4 Å². The number of amides is 3. The van der Waals surface area contributed by atoms with Crippen LogP contribution < -0.4 is 10.5 Å². The van der Waals surface area contributed by atoms with Crippen molar-refractivity contribution in [3.63, 3.8) is 0 Å². The fourth-order valence-electron chi connectivity index (χ4n) is 1.46. The summed E-state index contributed by atoms with van der Waals surface area (Å²) in [7, 11) is 0. The lowest BCUT2D eigenvalue weighted by molar-refractivity contribution is -0.137. The minimum Gasteiger partial charge on any atom is -0.355 e. The van der Waals surface area contributed by atoms with Crippen molar-refractivity contribution in [1.29, 1.82) is 0 Å². The summed E-state index contributed by atoms with van der Waals surface area (Å²) in [5, 5.41) is 8.17. The van der Waals surface area contributed by atoms with Gasteiger partial charge in [-0.15, -0.1) is 0 Å². The molecule has 3 N–H and O–H groups in total. The standard InChI is InChI=1S/C11H17N3O3S.C2H6/c1-7-5-10(16)14(11(7)17)4-3-9(15)13-6-8(2)18-12;1-2/h5,8H,3-4,6,12H2,1-2H3,(H,13,15);1-2H3. The van der Waals surface area contributed by atoms with E-state index in [1.54, 1.807) is 6.92 Å². The highest BCUT2D eigenvalue weighted by atomic mass is 32.2. The zero-order valence-corrected chi connectivity index (χ0v) is 13.3. The molecule has 7 heteroatoms. The average Bonchev–Trinajstić information content (AvgIpc) is 2.69. The SMILES string of the molecule is CC.CC1=CC(=O)N(CCC(=O)NCC(C)SN)C1=O. The van der Waals surface area contributed by atoms with Crippen molar-refractivity contribution in [2.24, 2.45) is 5.14 Å². The first-order valence-corrected chi connectivity index (χ1v) is 7.56. The van der Waals surface area contributed by atoms with Gasteiger partial charge in [-0.25, -0.2) is 0 Å². The topological polar surface area (TPSA) is 92.5 Å². The van der Waals surface area contributed by atoms with E-state index in [-0.39, 0.29) is 35.9 Å². The van der Waals surface area contributed by atoms with Gasteiger partial charge in [0.05, 0.1) is 0 Å². The summed E-state index contributed by atoms with van der Waals surface area (Å²) in [6, 6.07) is 0. The molecule has 1 rings (SSSR count). The van der Waals surface area contributed by atoms with Gasteiger partial charge in [0.15, 0.2) is 0 Å². The summed E-state index contributed by atoms with van der Waals surface area (Å²) < 4.78 is 0. The van der Waals surface area contributed by atoms with E-state index in [0.717, 1.165) is 4.90 Å². The molecule has 0 radical (unpaired) electrons. The Bertz CT molecular complexity index is 396. The van der Waals surface area contributed by atoms with Crippen LogP contribution in [0.15, 0.2) is 11.6 Å². The molecule has 0 fully saturated rings. The Hall–Kier alpha value is -1.34. The number of hydrogen-bond acceptors (Lipinski definition) is 5. The van der Waals surface area contributed by atoms with Gasteiger partial charge in [-0.05, 0) is 6.92 Å². The predicted octanol–water partition coefficient (Wildman–Crippen LogP) is 0.829. The number of imide groups is 1. The van der Waals surface area contributed by atoms with Crippen LogP contribution in [0.25, 0.3) is 0 Å². The second-order valence-electron chi connectivity index (χ2n) is 4.12. The van der Waals surface area contributed by atoms with Crippen molar-refractivity contribution in [2.75, 3.05) is 13.1 Å². The van der Waals surface area contributed by atoms with Gasteiger partial charge < -0.3 is 5.32 Å². The van der Waals surface area contributed by atoms with Crippen LogP contribution in [0, 0.1) is 0 Å². The molecular weight excluding hydrogens is 278 g/mol. The average molecular weight is 301 g/mol. The third-order valence-corrected chi connectivity index (χ3v) is 3.20. The molecular formula is C13H23N3O3S. The fraction of sp³-hybridized carbons (Fsp3) is 0.615. The molecule has 0 aliphatic carbocycles. The van der Waals surface area contributed by atoms with Crippen molar-refractivity contribution in [1.82, 2.24) is 10.2 Å². The summed E-state index contributed by atoms with van der Waals surface area (Å²) in [6.07, 6.45) is 1.40. The molecule has 114 valence electrons. The highest BCUT2D eigenvalue weighted by molar-refractivity contribution is 7.97. The third kappa shape index (κ3) is 5.75. The molecule has 1 atom stereocenters. The molecule has 1 aliphatic rings. The minimum absolute atomic E-state index is 0.112. The number of nitrogens with zero attached hydrogens (tertiary/aromatic N) is 1. The van der Waals surface area contributed by atoms with Gasteiger partial charge in [0.25, 0.3) is 11.8 Å². The Kier molecular flexibility index (Phi) is 8.91. The number of nitrogens with one attached hydrogen (secondary N) is 1. The van der Waals surface area contributed by atoms with Crippen LogP contribution >= 0.6 is 11.9 Å². The Morgan fingerprint density at radius 2 is 2.05 bits per heavy atom. The van der Waals surface area contributed by atoms with Crippen LogP contribution in [0.1, 0.15) is 34.1 Å². The zero-order chi connectivity index (χ0) is 15.7. The first-order valence-electron chi connectivity index (χ1n) is 6.62. The molecule has 6 nitrogen and oxygen atoms in total. The van der Waals surface area contributed by atoms with E-state index in [2.05, 4.69) is 5.32 Å². The summed E-state index contributed by atoms with van der Waals surface area (Å²) >= 11 is 1.17. The molecule has 1 unspecified atom stereocenters. The summed E-state index contributed by atoms with van der Waals surface area (Å²) in [5.41, 5.74) is 0.411. The molecule has 0 saturated heterocycles. The Morgan fingerprint density at radius 3 is 2.50 bits per heavy atom. The van der Waals surface area contributed by atoms with Gasteiger partial charge in [-0.2, -0.15) is 0 Å². The van der Waals surface area contributed by atoms with Crippen LogP contribution in [0.2, 0.25) is 0 Å². The predicted molar refractivity (Wildman–Crippen MR) is 80.7 cm³/mol. The lowest BCUT2D eigenvalue weighted by Crippen LogP contribution is -2.36. The van der Waals surface area contributed by atoms with Gasteiger partial charge in [0.1, 0.15) is 0 Å². The zero-order valence-electron chi connectivity index (χ0n) is 12.4. The molecule has 0 aromatic carbocycles. The van der Waals surface area contributed by atoms with Crippen molar-refractivity contribution < 1.29 is 14.4 Å². The fourth-order valence-corrected chi connectivity index (χ4v) is 1.64. The Labute approximate surface area is 124 Å². The van der Waals surface area contributed by atoms with Crippen molar-refractivity contribution >= 4 is 29.7 Å². The van der Waals surface area contributed by atoms with E-state index in [1.165, 1.54) is 18.0 Å². The van der Waals surface area contributed by atoms with Gasteiger partial charge in [0, 0.05) is 36.4 Å². The second kappa shape index (κ2) is 9.55. The maximum absolute atomic E-state index is 11.5. The monoisotopic (exact) mass is 301 g/mol. The largest absolute Gasteiger partial charge is 0.355 e. The van der Waals surface area contributed by atoms with Crippen LogP contribution in [0.5, 0.6) is 0 Å². The van der Waals surface area contributed by atoms with Gasteiger partial charge in [0.2, 0.25) is 5.91 Å². The van der Waals surface area contributed by atoms with Crippen molar-refractivity contribution in [3.8, 4) is 0 Å². The first-order chi connectivity index (χ1) is 9.45. The smallest absolute Gasteiger partial charge is 0.256 e. The normalized spacial score (nSPS) is 15.4. The molecule has 20 heavy (non-hydrogen) atoms. The van der Waals surface area contributed by atoms with Gasteiger partial charge >= 0.3 is 0 Å². The summed E-state index contributed by atoms with van der Waals surface area (Å²) in [6.45, 7) is 8.06. The van der Waals surface area contributed by atoms with E-state index in [4.69, 9.17) is 5.14 Å². The summed E-state index contributed by atoms with van der Waals surface area (Å²) in [4.78, 5) is 35.5. The molecule has 0 spiro atoms. The molecule has 1 aliphatic heterocycles. The second-order valence-corrected chi connectivity index (χ2v) is 5.20. The molecule has 3 amide bonds. The van der Waals surface area contributed by atoms with E-state index < -0.39 is 0 Å². The highest BCUT2D eigenvalue weighted by Crippen LogP contribution is 2.11. The van der Waals surface area contributed by atoms with Crippen molar-refractivity contribution in [3.05, 3.63) is 11.6 Å². The summed E-state index contributed by atoms with van der Waals surface area (Å²) in [5.74, 6) is -0.865. The lowest BCUT2D eigenvalue weighted by Gasteiger charge is -2.14. The third-order valence-electron chi connectivity index (χ3n) is 2.57. The Morgan fingerprint density at radius 1 is 1.45 bits per heavy atom. The number of carbonyl (C=O) groups is 3. The highest BCUT2D eigenvalue weighted by Gasteiger charge is 2.28. The molecule has 1 heterocycles. The van der Waals surface area contributed by atoms with E-state index in [0.29, 0.717) is 12.1 Å². The number of rotatable bonds is 6. The molecule has 0 saturated carbocycles. The molecule has 0 bridgehead atoms. The quantitative estimate of drug-likeness (QED) is 0.560. The van der Waals surface area contributed by atoms with Crippen LogP contribution in [-0.2, 0) is 14.4 Å². The molecule has 0 aromatic heterocycles. The van der Waals surface area contributed by atoms with E-state index >= 15 is 0 Å². The van der Waals surface area contributed by atoms with Crippen LogP contribution in [0.3, 0.4) is 0 Å². The van der Waals surface area contributed by atoms with E-state index in [9.17, 15) is 14.4 Å². The van der Waals surface area contributed by atoms with E-state index in [1.807, 2.05) is 20.8 Å². The van der Waals surface area contributed by atoms with Crippen molar-refractivity contribution in [2.45, 2.75) is 39.4 Å². The lowest BCUT2D eigenvalue weighted by atomic mass is 10.3. The number of nitrogens with two attached hydrogens (primary N) is 1. The first kappa shape index (κ1) is 18.7. The minimum atomic E-state index is -0.351. The van der Waals surface area contributed by atoms with Gasteiger partial charge in [-0.1, -0.05) is 32.7 Å². The number of carbonyl (C=O) groups excluding carboxylic acids is 3. The molecule has 0 aromatic rings. The Balaban J connectivity index is 0.00000172. The maximum atomic E-state index is 11.5.